The zero-order chi connectivity index (χ0) is 12.8. The predicted molar refractivity (Wildman–Crippen MR) is 67.6 cm³/mol. The molecule has 6 nitrogen and oxygen atoms in total. The van der Waals surface area contributed by atoms with Crippen LogP contribution in [0.1, 0.15) is 35.9 Å². The second kappa shape index (κ2) is 3.96. The van der Waals surface area contributed by atoms with E-state index in [1.54, 1.807) is 23.3 Å². The standard InChI is InChI=1S/C13H13N5O/c14-6-10-9-5-8-1-2-11(19-8)13(9)18(17-10)12-7-15-3-4-16-12/h3-4,6-8,11,14H,1-2,5H2. The van der Waals surface area contributed by atoms with Gasteiger partial charge >= 0.3 is 0 Å². The molecule has 2 aliphatic heterocycles. The molecule has 2 aromatic rings. The van der Waals surface area contributed by atoms with Gasteiger partial charge in [-0.1, -0.05) is 0 Å². The minimum atomic E-state index is 0.0805. The van der Waals surface area contributed by atoms with Crippen molar-refractivity contribution in [1.29, 1.82) is 5.41 Å². The lowest BCUT2D eigenvalue weighted by Crippen LogP contribution is -2.20. The summed E-state index contributed by atoms with van der Waals surface area (Å²) in [6.07, 6.45) is 9.59. The van der Waals surface area contributed by atoms with E-state index in [0.717, 1.165) is 36.2 Å². The zero-order valence-corrected chi connectivity index (χ0v) is 10.3. The van der Waals surface area contributed by atoms with E-state index in [4.69, 9.17) is 10.1 Å². The van der Waals surface area contributed by atoms with E-state index in [1.165, 1.54) is 6.21 Å². The average Bonchev–Trinajstić information content (AvgIpc) is 3.02. The molecule has 4 rings (SSSR count). The van der Waals surface area contributed by atoms with Crippen LogP contribution in [0.15, 0.2) is 18.6 Å². The number of ether oxygens (including phenoxy) is 1. The van der Waals surface area contributed by atoms with Crippen LogP contribution in [0.2, 0.25) is 0 Å². The van der Waals surface area contributed by atoms with Gasteiger partial charge in [-0.3, -0.25) is 4.98 Å². The summed E-state index contributed by atoms with van der Waals surface area (Å²) in [5, 5.41) is 12.0. The van der Waals surface area contributed by atoms with Crippen molar-refractivity contribution >= 4 is 6.21 Å². The van der Waals surface area contributed by atoms with Crippen molar-refractivity contribution in [3.63, 3.8) is 0 Å². The Bertz CT molecular complexity index is 636. The Labute approximate surface area is 110 Å². The molecule has 1 fully saturated rings. The van der Waals surface area contributed by atoms with Gasteiger partial charge < -0.3 is 10.1 Å². The maximum Gasteiger partial charge on any atom is 0.172 e. The van der Waals surface area contributed by atoms with Gasteiger partial charge in [0.2, 0.25) is 0 Å². The van der Waals surface area contributed by atoms with Crippen molar-refractivity contribution < 1.29 is 4.74 Å². The first-order valence-electron chi connectivity index (χ1n) is 6.41. The van der Waals surface area contributed by atoms with Gasteiger partial charge in [-0.25, -0.2) is 9.67 Å². The summed E-state index contributed by atoms with van der Waals surface area (Å²) < 4.78 is 7.75. The molecule has 0 spiro atoms. The van der Waals surface area contributed by atoms with Gasteiger partial charge in [0.15, 0.2) is 5.82 Å². The number of fused-ring (bicyclic) bond motifs is 4. The van der Waals surface area contributed by atoms with Crippen LogP contribution in [-0.2, 0) is 11.2 Å². The third kappa shape index (κ3) is 1.53. The van der Waals surface area contributed by atoms with E-state index < -0.39 is 0 Å². The van der Waals surface area contributed by atoms with Crippen LogP contribution in [0.25, 0.3) is 5.82 Å². The lowest BCUT2D eigenvalue weighted by atomic mass is 10.0. The highest BCUT2D eigenvalue weighted by Gasteiger charge is 2.38. The first-order valence-corrected chi connectivity index (χ1v) is 6.41. The SMILES string of the molecule is N=Cc1nn(-c2cnccn2)c2c1CC1CCC2O1. The highest BCUT2D eigenvalue weighted by Crippen LogP contribution is 2.42. The molecule has 2 bridgehead atoms. The Kier molecular flexibility index (Phi) is 2.25. The van der Waals surface area contributed by atoms with Crippen molar-refractivity contribution in [3.8, 4) is 5.82 Å². The Morgan fingerprint density at radius 2 is 2.32 bits per heavy atom. The van der Waals surface area contributed by atoms with Gasteiger partial charge in [0, 0.05) is 30.6 Å². The fraction of sp³-hybridized carbons (Fsp3) is 0.385. The van der Waals surface area contributed by atoms with Gasteiger partial charge in [-0.2, -0.15) is 5.10 Å². The molecule has 2 unspecified atom stereocenters. The molecule has 19 heavy (non-hydrogen) atoms. The molecule has 0 amide bonds. The fourth-order valence-corrected chi connectivity index (χ4v) is 3.00. The van der Waals surface area contributed by atoms with Gasteiger partial charge in [-0.15, -0.1) is 0 Å². The van der Waals surface area contributed by atoms with Crippen LogP contribution < -0.4 is 0 Å². The van der Waals surface area contributed by atoms with Crippen LogP contribution in [0.4, 0.5) is 0 Å². The third-order valence-electron chi connectivity index (χ3n) is 3.80. The minimum Gasteiger partial charge on any atom is -0.368 e. The van der Waals surface area contributed by atoms with Crippen molar-refractivity contribution in [3.05, 3.63) is 35.5 Å². The topological polar surface area (TPSA) is 76.7 Å². The molecule has 0 aliphatic carbocycles. The van der Waals surface area contributed by atoms with E-state index in [2.05, 4.69) is 15.1 Å². The molecule has 0 aromatic carbocycles. The maximum absolute atomic E-state index is 7.53. The quantitative estimate of drug-likeness (QED) is 0.824. The summed E-state index contributed by atoms with van der Waals surface area (Å²) in [7, 11) is 0. The number of hydrogen-bond acceptors (Lipinski definition) is 5. The number of rotatable bonds is 2. The highest BCUT2D eigenvalue weighted by atomic mass is 16.5. The molecule has 4 heterocycles. The predicted octanol–water partition coefficient (Wildman–Crippen LogP) is 1.44. The summed E-state index contributed by atoms with van der Waals surface area (Å²) in [6, 6.07) is 0. The molecule has 0 radical (unpaired) electrons. The molecule has 1 saturated heterocycles. The third-order valence-corrected chi connectivity index (χ3v) is 3.80. The van der Waals surface area contributed by atoms with Crippen LogP contribution in [-0.4, -0.2) is 32.1 Å². The zero-order valence-electron chi connectivity index (χ0n) is 10.3. The molecular formula is C13H13N5O. The Hall–Kier alpha value is -2.08. The largest absolute Gasteiger partial charge is 0.368 e. The molecule has 1 N–H and O–H groups in total. The van der Waals surface area contributed by atoms with Crippen molar-refractivity contribution in [2.45, 2.75) is 31.5 Å². The van der Waals surface area contributed by atoms with Crippen LogP contribution in [0.5, 0.6) is 0 Å². The normalized spacial score (nSPS) is 24.2. The molecule has 2 aliphatic rings. The molecular weight excluding hydrogens is 242 g/mol. The Morgan fingerprint density at radius 3 is 3.11 bits per heavy atom. The summed E-state index contributed by atoms with van der Waals surface area (Å²) in [6.45, 7) is 0. The highest BCUT2D eigenvalue weighted by molar-refractivity contribution is 5.77. The smallest absolute Gasteiger partial charge is 0.172 e. The summed E-state index contributed by atoms with van der Waals surface area (Å²) in [5.41, 5.74) is 2.91. The van der Waals surface area contributed by atoms with Gasteiger partial charge in [0.1, 0.15) is 11.8 Å². The number of aromatic nitrogens is 4. The van der Waals surface area contributed by atoms with Crippen molar-refractivity contribution in [1.82, 2.24) is 19.7 Å². The summed E-state index contributed by atoms with van der Waals surface area (Å²) in [4.78, 5) is 8.38. The number of nitrogens with one attached hydrogen (secondary N) is 1. The minimum absolute atomic E-state index is 0.0805. The summed E-state index contributed by atoms with van der Waals surface area (Å²) >= 11 is 0. The lowest BCUT2D eigenvalue weighted by molar-refractivity contribution is 0.0286. The monoisotopic (exact) mass is 255 g/mol. The first-order chi connectivity index (χ1) is 9.36. The summed E-state index contributed by atoms with van der Waals surface area (Å²) in [5.74, 6) is 0.681. The molecule has 6 heteroatoms. The Balaban J connectivity index is 1.93. The lowest BCUT2D eigenvalue weighted by Gasteiger charge is -2.22. The second-order valence-electron chi connectivity index (χ2n) is 4.90. The molecule has 2 atom stereocenters. The molecule has 96 valence electrons. The van der Waals surface area contributed by atoms with E-state index in [0.29, 0.717) is 5.82 Å². The van der Waals surface area contributed by atoms with E-state index in [1.807, 2.05) is 0 Å². The van der Waals surface area contributed by atoms with Gasteiger partial charge in [0.25, 0.3) is 0 Å². The van der Waals surface area contributed by atoms with Gasteiger partial charge in [0.05, 0.1) is 18.0 Å². The van der Waals surface area contributed by atoms with Crippen LogP contribution in [0.3, 0.4) is 0 Å². The number of hydrogen-bond donors (Lipinski definition) is 1. The first kappa shape index (κ1) is 10.8. The van der Waals surface area contributed by atoms with Crippen molar-refractivity contribution in [2.75, 3.05) is 0 Å². The second-order valence-corrected chi connectivity index (χ2v) is 4.90. The van der Waals surface area contributed by atoms with E-state index >= 15 is 0 Å². The van der Waals surface area contributed by atoms with Crippen LogP contribution >= 0.6 is 0 Å². The maximum atomic E-state index is 7.53. The van der Waals surface area contributed by atoms with Crippen LogP contribution in [0, 0.1) is 5.41 Å². The molecule has 2 aromatic heterocycles. The van der Waals surface area contributed by atoms with E-state index in [-0.39, 0.29) is 12.2 Å². The van der Waals surface area contributed by atoms with E-state index in [9.17, 15) is 0 Å². The number of nitrogens with zero attached hydrogens (tertiary/aromatic N) is 4. The fourth-order valence-electron chi connectivity index (χ4n) is 3.00. The van der Waals surface area contributed by atoms with Gasteiger partial charge in [-0.05, 0) is 12.8 Å². The average molecular weight is 255 g/mol. The van der Waals surface area contributed by atoms with Crippen molar-refractivity contribution in [2.24, 2.45) is 0 Å². The Morgan fingerprint density at radius 1 is 1.37 bits per heavy atom. The molecule has 0 saturated carbocycles.